The Balaban J connectivity index is 3.35. The average Bonchev–Trinajstić information content (AvgIpc) is 2.37. The number of sulfonamides is 1. The van der Waals surface area contributed by atoms with Gasteiger partial charge in [-0.1, -0.05) is 23.2 Å². The van der Waals surface area contributed by atoms with Crippen molar-refractivity contribution in [3.8, 4) is 6.07 Å². The highest BCUT2D eigenvalue weighted by molar-refractivity contribution is 7.89. The van der Waals surface area contributed by atoms with Gasteiger partial charge < -0.3 is 5.11 Å². The van der Waals surface area contributed by atoms with E-state index in [1.54, 1.807) is 6.92 Å². The molecule has 0 amide bonds. The normalized spacial score (nSPS) is 13.0. The van der Waals surface area contributed by atoms with Gasteiger partial charge >= 0.3 is 5.97 Å². The van der Waals surface area contributed by atoms with Gasteiger partial charge in [0.15, 0.2) is 0 Å². The fourth-order valence-corrected chi connectivity index (χ4v) is 3.67. The lowest BCUT2D eigenvalue weighted by atomic mass is 10.2. The van der Waals surface area contributed by atoms with Gasteiger partial charge in [-0.05, 0) is 19.1 Å². The number of hydrogen-bond donors (Lipinski definition) is 1. The Bertz CT molecular complexity index is 713. The predicted octanol–water partition coefficient (Wildman–Crippen LogP) is 2.47. The molecule has 0 aliphatic heterocycles. The second-order valence-electron chi connectivity index (χ2n) is 4.38. The van der Waals surface area contributed by atoms with Gasteiger partial charge in [0.1, 0.15) is 4.90 Å². The molecule has 0 saturated carbocycles. The van der Waals surface area contributed by atoms with E-state index in [1.165, 1.54) is 7.05 Å². The number of nitrogens with zero attached hydrogens (tertiary/aromatic N) is 2. The molecule has 0 spiro atoms. The molecule has 21 heavy (non-hydrogen) atoms. The minimum Gasteiger partial charge on any atom is -0.478 e. The quantitative estimate of drug-likeness (QED) is 0.879. The zero-order chi connectivity index (χ0) is 16.4. The number of aromatic carboxylic acids is 1. The summed E-state index contributed by atoms with van der Waals surface area (Å²) >= 11 is 11.6. The van der Waals surface area contributed by atoms with Gasteiger partial charge in [-0.25, -0.2) is 13.2 Å². The first kappa shape index (κ1) is 17.7. The zero-order valence-electron chi connectivity index (χ0n) is 11.2. The van der Waals surface area contributed by atoms with Crippen molar-refractivity contribution in [2.24, 2.45) is 5.92 Å². The third kappa shape index (κ3) is 3.86. The maximum Gasteiger partial charge on any atom is 0.337 e. The van der Waals surface area contributed by atoms with Gasteiger partial charge in [0, 0.05) is 13.6 Å². The van der Waals surface area contributed by atoms with Crippen LogP contribution in [-0.2, 0) is 10.0 Å². The first-order chi connectivity index (χ1) is 9.61. The van der Waals surface area contributed by atoms with E-state index in [9.17, 15) is 13.2 Å². The van der Waals surface area contributed by atoms with Crippen molar-refractivity contribution in [3.05, 3.63) is 27.7 Å². The summed E-state index contributed by atoms with van der Waals surface area (Å²) in [5, 5.41) is 17.4. The maximum atomic E-state index is 12.4. The average molecular weight is 351 g/mol. The highest BCUT2D eigenvalue weighted by Crippen LogP contribution is 2.30. The third-order valence-electron chi connectivity index (χ3n) is 2.69. The van der Waals surface area contributed by atoms with Gasteiger partial charge in [-0.3, -0.25) is 0 Å². The molecule has 1 N–H and O–H groups in total. The summed E-state index contributed by atoms with van der Waals surface area (Å²) in [6.07, 6.45) is 0. The SMILES string of the molecule is CC(C#N)CN(C)S(=O)(=O)c1cc(C(=O)O)c(Cl)cc1Cl. The third-order valence-corrected chi connectivity index (χ3v) is 5.29. The van der Waals surface area contributed by atoms with Crippen LogP contribution in [0.3, 0.4) is 0 Å². The van der Waals surface area contributed by atoms with Crippen molar-refractivity contribution in [1.29, 1.82) is 5.26 Å². The number of carboxylic acid groups (broad SMARTS) is 1. The van der Waals surface area contributed by atoms with Gasteiger partial charge in [-0.15, -0.1) is 0 Å². The van der Waals surface area contributed by atoms with Crippen LogP contribution in [0.4, 0.5) is 0 Å². The Morgan fingerprint density at radius 3 is 2.48 bits per heavy atom. The molecule has 1 aromatic carbocycles. The Hall–Kier alpha value is -1.33. The number of halogens is 2. The molecule has 0 aliphatic rings. The monoisotopic (exact) mass is 350 g/mol. The van der Waals surface area contributed by atoms with Crippen LogP contribution in [0.15, 0.2) is 17.0 Å². The molecular formula is C12H12Cl2N2O4S. The summed E-state index contributed by atoms with van der Waals surface area (Å²) in [7, 11) is -2.73. The van der Waals surface area contributed by atoms with Crippen LogP contribution >= 0.6 is 23.2 Å². The van der Waals surface area contributed by atoms with Crippen LogP contribution in [0, 0.1) is 17.2 Å². The molecule has 0 bridgehead atoms. The molecule has 114 valence electrons. The first-order valence-corrected chi connectivity index (χ1v) is 7.89. The largest absolute Gasteiger partial charge is 0.478 e. The molecule has 9 heteroatoms. The Kier molecular flexibility index (Phi) is 5.59. The van der Waals surface area contributed by atoms with Crippen molar-refractivity contribution in [2.45, 2.75) is 11.8 Å². The smallest absolute Gasteiger partial charge is 0.337 e. The fraction of sp³-hybridized carbons (Fsp3) is 0.333. The second-order valence-corrected chi connectivity index (χ2v) is 7.21. The zero-order valence-corrected chi connectivity index (χ0v) is 13.5. The van der Waals surface area contributed by atoms with Crippen LogP contribution in [0.5, 0.6) is 0 Å². The summed E-state index contributed by atoms with van der Waals surface area (Å²) < 4.78 is 25.7. The van der Waals surface area contributed by atoms with E-state index < -0.39 is 21.9 Å². The summed E-state index contributed by atoms with van der Waals surface area (Å²) in [6, 6.07) is 3.90. The standard InChI is InChI=1S/C12H12Cl2N2O4S/c1-7(5-15)6-16(2)21(19,20)11-3-8(12(17)18)9(13)4-10(11)14/h3-4,7H,6H2,1-2H3,(H,17,18). The molecule has 0 aromatic heterocycles. The van der Waals surface area contributed by atoms with Crippen molar-refractivity contribution >= 4 is 39.2 Å². The van der Waals surface area contributed by atoms with Crippen molar-refractivity contribution in [1.82, 2.24) is 4.31 Å². The van der Waals surface area contributed by atoms with Crippen LogP contribution in [0.2, 0.25) is 10.0 Å². The van der Waals surface area contributed by atoms with Crippen LogP contribution < -0.4 is 0 Å². The van der Waals surface area contributed by atoms with Gasteiger partial charge in [-0.2, -0.15) is 9.57 Å². The summed E-state index contributed by atoms with van der Waals surface area (Å²) in [4.78, 5) is 10.7. The lowest BCUT2D eigenvalue weighted by Gasteiger charge is -2.19. The van der Waals surface area contributed by atoms with Crippen LogP contribution in [0.25, 0.3) is 0 Å². The molecule has 0 radical (unpaired) electrons. The molecule has 1 rings (SSSR count). The molecule has 0 fully saturated rings. The van der Waals surface area contributed by atoms with E-state index in [-0.39, 0.29) is 27.0 Å². The number of carbonyl (C=O) groups is 1. The lowest BCUT2D eigenvalue weighted by molar-refractivity contribution is 0.0697. The van der Waals surface area contributed by atoms with E-state index in [0.29, 0.717) is 0 Å². The molecule has 0 heterocycles. The molecule has 6 nitrogen and oxygen atoms in total. The molecular weight excluding hydrogens is 339 g/mol. The molecule has 1 unspecified atom stereocenters. The maximum absolute atomic E-state index is 12.4. The first-order valence-electron chi connectivity index (χ1n) is 5.69. The Morgan fingerprint density at radius 1 is 1.43 bits per heavy atom. The predicted molar refractivity (Wildman–Crippen MR) is 78.0 cm³/mol. The molecule has 0 saturated heterocycles. The van der Waals surface area contributed by atoms with E-state index >= 15 is 0 Å². The van der Waals surface area contributed by atoms with Crippen molar-refractivity contribution < 1.29 is 18.3 Å². The van der Waals surface area contributed by atoms with Crippen LogP contribution in [-0.4, -0.2) is 37.4 Å². The van der Waals surface area contributed by atoms with Gasteiger partial charge in [0.05, 0.1) is 27.6 Å². The molecule has 0 aliphatic carbocycles. The molecule has 1 aromatic rings. The Morgan fingerprint density at radius 2 is 2.00 bits per heavy atom. The number of benzene rings is 1. The second kappa shape index (κ2) is 6.62. The van der Waals surface area contributed by atoms with Crippen molar-refractivity contribution in [2.75, 3.05) is 13.6 Å². The van der Waals surface area contributed by atoms with Gasteiger partial charge in [0.2, 0.25) is 10.0 Å². The highest BCUT2D eigenvalue weighted by Gasteiger charge is 2.27. The fourth-order valence-electron chi connectivity index (χ4n) is 1.58. The number of hydrogen-bond acceptors (Lipinski definition) is 4. The number of carboxylic acids is 1. The lowest BCUT2D eigenvalue weighted by Crippen LogP contribution is -2.31. The van der Waals surface area contributed by atoms with E-state index in [2.05, 4.69) is 0 Å². The number of nitriles is 1. The van der Waals surface area contributed by atoms with E-state index in [0.717, 1.165) is 16.4 Å². The summed E-state index contributed by atoms with van der Waals surface area (Å²) in [5.74, 6) is -1.88. The van der Waals surface area contributed by atoms with Gasteiger partial charge in [0.25, 0.3) is 0 Å². The summed E-state index contributed by atoms with van der Waals surface area (Å²) in [6.45, 7) is 1.53. The summed E-state index contributed by atoms with van der Waals surface area (Å²) in [5.41, 5.74) is -0.360. The molecule has 1 atom stereocenters. The minimum atomic E-state index is -4.02. The van der Waals surface area contributed by atoms with Crippen LogP contribution in [0.1, 0.15) is 17.3 Å². The van der Waals surface area contributed by atoms with Crippen molar-refractivity contribution in [3.63, 3.8) is 0 Å². The van der Waals surface area contributed by atoms with E-state index in [1.807, 2.05) is 6.07 Å². The Labute approximate surface area is 132 Å². The number of rotatable bonds is 5. The minimum absolute atomic E-state index is 0.0415. The highest BCUT2D eigenvalue weighted by atomic mass is 35.5. The van der Waals surface area contributed by atoms with E-state index in [4.69, 9.17) is 33.6 Å². The topological polar surface area (TPSA) is 98.5 Å².